The Morgan fingerprint density at radius 2 is 1.60 bits per heavy atom. The number of aromatic nitrogens is 2. The second kappa shape index (κ2) is 8.83. The van der Waals surface area contributed by atoms with Crippen LogP contribution in [0.25, 0.3) is 11.0 Å². The average Bonchev–Trinajstić information content (AvgIpc) is 2.78. The molecule has 3 aromatic carbocycles. The molecule has 0 aliphatic carbocycles. The highest BCUT2D eigenvalue weighted by Gasteiger charge is 2.17. The van der Waals surface area contributed by atoms with Gasteiger partial charge in [-0.15, -0.1) is 0 Å². The van der Waals surface area contributed by atoms with E-state index in [1.165, 1.54) is 5.56 Å². The highest BCUT2D eigenvalue weighted by molar-refractivity contribution is 8.15. The topological polar surface area (TPSA) is 61.3 Å². The van der Waals surface area contributed by atoms with Crippen LogP contribution in [0.1, 0.15) is 12.5 Å². The molecular formula is C23H21ClN4OS. The first-order valence-electron chi connectivity index (χ1n) is 9.46. The van der Waals surface area contributed by atoms with Crippen molar-refractivity contribution in [1.82, 2.24) is 9.97 Å². The van der Waals surface area contributed by atoms with Gasteiger partial charge in [-0.05, 0) is 60.5 Å². The lowest BCUT2D eigenvalue weighted by molar-refractivity contribution is 0.298. The maximum absolute atomic E-state index is 11.0. The van der Waals surface area contributed by atoms with Gasteiger partial charge in [0.2, 0.25) is 5.82 Å². The van der Waals surface area contributed by atoms with Crippen LogP contribution in [-0.4, -0.2) is 21.0 Å². The number of hydrogen-bond acceptors (Lipinski definition) is 5. The van der Waals surface area contributed by atoms with Crippen molar-refractivity contribution in [2.75, 3.05) is 9.79 Å². The van der Waals surface area contributed by atoms with Crippen LogP contribution in [0.3, 0.4) is 0 Å². The minimum atomic E-state index is -0.623. The molecule has 0 bridgehead atoms. The van der Waals surface area contributed by atoms with Gasteiger partial charge in [-0.1, -0.05) is 59.3 Å². The fourth-order valence-corrected chi connectivity index (χ4v) is 4.06. The summed E-state index contributed by atoms with van der Waals surface area (Å²) in [5.74, 6) is 4.98. The molecule has 4 aromatic rings. The third-order valence-electron chi connectivity index (χ3n) is 4.66. The molecular weight excluding hydrogens is 416 g/mol. The lowest BCUT2D eigenvalue weighted by atomic mass is 10.1. The van der Waals surface area contributed by atoms with E-state index in [1.807, 2.05) is 72.8 Å². The van der Waals surface area contributed by atoms with Crippen LogP contribution in [0.2, 0.25) is 5.02 Å². The number of para-hydroxylation sites is 2. The zero-order valence-corrected chi connectivity index (χ0v) is 18.0. The Hall–Kier alpha value is -2.93. The van der Waals surface area contributed by atoms with E-state index in [9.17, 15) is 5.21 Å². The normalized spacial score (nSPS) is 12.0. The zero-order chi connectivity index (χ0) is 21.1. The largest absolute Gasteiger partial charge is 0.313 e. The van der Waals surface area contributed by atoms with Gasteiger partial charge in [-0.2, -0.15) is 0 Å². The van der Waals surface area contributed by atoms with Gasteiger partial charge in [-0.3, -0.25) is 5.21 Å². The molecule has 0 amide bonds. The molecule has 5 nitrogen and oxygen atoms in total. The summed E-state index contributed by atoms with van der Waals surface area (Å²) in [6, 6.07) is 22.7. The second-order valence-corrected chi connectivity index (χ2v) is 8.56. The summed E-state index contributed by atoms with van der Waals surface area (Å²) in [4.78, 5) is 10.3. The summed E-state index contributed by atoms with van der Waals surface area (Å²) >= 11 is 6.00. The first kappa shape index (κ1) is 20.3. The highest BCUT2D eigenvalue weighted by Crippen LogP contribution is 2.34. The van der Waals surface area contributed by atoms with Crippen LogP contribution in [0.5, 0.6) is 0 Å². The molecule has 1 aromatic heterocycles. The lowest BCUT2D eigenvalue weighted by Gasteiger charge is -2.21. The van der Waals surface area contributed by atoms with Crippen molar-refractivity contribution in [3.8, 4) is 0 Å². The number of fused-ring (bicyclic) bond motifs is 1. The molecule has 1 heterocycles. The summed E-state index contributed by atoms with van der Waals surface area (Å²) < 4.78 is 3.31. The van der Waals surface area contributed by atoms with Crippen molar-refractivity contribution < 1.29 is 5.21 Å². The quantitative estimate of drug-likeness (QED) is 0.268. The standard InChI is InChI=1S/C23H21ClN4OS/c1-3-16-8-12-18(13-9-16)28(29)23-22(25-20-6-4-5-7-21(20)26-23)27-30(2)19-14-10-17(24)11-15-19/h4-15,29H,2-3H2,1H3,(H,25,27). The van der Waals surface area contributed by atoms with Crippen molar-refractivity contribution in [3.05, 3.63) is 83.4 Å². The number of benzene rings is 3. The average molecular weight is 437 g/mol. The van der Waals surface area contributed by atoms with Crippen LogP contribution in [0, 0.1) is 0 Å². The Morgan fingerprint density at radius 1 is 0.967 bits per heavy atom. The smallest absolute Gasteiger partial charge is 0.202 e. The van der Waals surface area contributed by atoms with E-state index in [1.54, 1.807) is 0 Å². The van der Waals surface area contributed by atoms with E-state index in [4.69, 9.17) is 16.6 Å². The van der Waals surface area contributed by atoms with Crippen molar-refractivity contribution in [2.24, 2.45) is 0 Å². The molecule has 30 heavy (non-hydrogen) atoms. The third kappa shape index (κ3) is 4.31. The second-order valence-electron chi connectivity index (χ2n) is 6.66. The van der Waals surface area contributed by atoms with Gasteiger partial charge >= 0.3 is 0 Å². The predicted molar refractivity (Wildman–Crippen MR) is 127 cm³/mol. The monoisotopic (exact) mass is 436 g/mol. The number of nitrogens with one attached hydrogen (secondary N) is 1. The molecule has 7 heteroatoms. The SMILES string of the molecule is C=S(Nc1nc2ccccc2nc1N(O)c1ccc(CC)cc1)c1ccc(Cl)cc1. The fraction of sp³-hybridized carbons (Fsp3) is 0.0870. The first-order valence-corrected chi connectivity index (χ1v) is 11.2. The van der Waals surface area contributed by atoms with E-state index in [0.717, 1.165) is 21.9 Å². The summed E-state index contributed by atoms with van der Waals surface area (Å²) in [5, 5.41) is 12.7. The minimum absolute atomic E-state index is 0.313. The first-order chi connectivity index (χ1) is 14.5. The molecule has 1 atom stereocenters. The fourth-order valence-electron chi connectivity index (χ4n) is 2.98. The molecule has 4 rings (SSSR count). The van der Waals surface area contributed by atoms with Gasteiger partial charge in [0.15, 0.2) is 5.82 Å². The molecule has 0 aliphatic heterocycles. The number of halogens is 1. The molecule has 152 valence electrons. The Bertz CT molecular complexity index is 1200. The van der Waals surface area contributed by atoms with E-state index in [2.05, 4.69) is 22.5 Å². The van der Waals surface area contributed by atoms with Crippen LogP contribution in [0.4, 0.5) is 17.3 Å². The van der Waals surface area contributed by atoms with Gasteiger partial charge in [0.05, 0.1) is 16.7 Å². The number of nitrogens with zero attached hydrogens (tertiary/aromatic N) is 3. The summed E-state index contributed by atoms with van der Waals surface area (Å²) in [6.07, 6.45) is 0.930. The Kier molecular flexibility index (Phi) is 5.99. The van der Waals surface area contributed by atoms with Crippen molar-refractivity contribution in [3.63, 3.8) is 0 Å². The van der Waals surface area contributed by atoms with Crippen molar-refractivity contribution in [2.45, 2.75) is 18.2 Å². The van der Waals surface area contributed by atoms with E-state index < -0.39 is 10.7 Å². The van der Waals surface area contributed by atoms with Gasteiger partial charge in [0.25, 0.3) is 0 Å². The van der Waals surface area contributed by atoms with Gasteiger partial charge in [0.1, 0.15) is 0 Å². The lowest BCUT2D eigenvalue weighted by Crippen LogP contribution is -2.15. The highest BCUT2D eigenvalue weighted by atomic mass is 35.5. The van der Waals surface area contributed by atoms with Crippen molar-refractivity contribution in [1.29, 1.82) is 0 Å². The van der Waals surface area contributed by atoms with Crippen molar-refractivity contribution >= 4 is 56.5 Å². The summed E-state index contributed by atoms with van der Waals surface area (Å²) in [5.41, 5.74) is 3.22. The van der Waals surface area contributed by atoms with Gasteiger partial charge in [-0.25, -0.2) is 15.0 Å². The Morgan fingerprint density at radius 3 is 2.23 bits per heavy atom. The molecule has 0 radical (unpaired) electrons. The maximum atomic E-state index is 11.0. The number of rotatable bonds is 6. The summed E-state index contributed by atoms with van der Waals surface area (Å²) in [7, 11) is -0.623. The Balaban J connectivity index is 1.74. The van der Waals surface area contributed by atoms with Crippen LogP contribution in [0.15, 0.2) is 77.7 Å². The van der Waals surface area contributed by atoms with Crippen LogP contribution in [-0.2, 0) is 6.42 Å². The molecule has 2 N–H and O–H groups in total. The van der Waals surface area contributed by atoms with E-state index in [0.29, 0.717) is 27.9 Å². The molecule has 0 aliphatic rings. The van der Waals surface area contributed by atoms with Gasteiger partial charge in [0, 0.05) is 9.92 Å². The zero-order valence-electron chi connectivity index (χ0n) is 16.4. The van der Waals surface area contributed by atoms with E-state index in [-0.39, 0.29) is 0 Å². The van der Waals surface area contributed by atoms with E-state index >= 15 is 0 Å². The third-order valence-corrected chi connectivity index (χ3v) is 6.19. The molecule has 1 unspecified atom stereocenters. The Labute approximate surface area is 183 Å². The summed E-state index contributed by atoms with van der Waals surface area (Å²) in [6.45, 7) is 2.09. The minimum Gasteiger partial charge on any atom is -0.313 e. The van der Waals surface area contributed by atoms with Gasteiger partial charge < -0.3 is 4.72 Å². The molecule has 0 spiro atoms. The molecule has 0 fully saturated rings. The number of aryl methyl sites for hydroxylation is 1. The number of hydrogen-bond donors (Lipinski definition) is 2. The number of anilines is 3. The predicted octanol–water partition coefficient (Wildman–Crippen LogP) is 6.46. The van der Waals surface area contributed by atoms with Crippen LogP contribution < -0.4 is 9.79 Å². The molecule has 0 saturated carbocycles. The molecule has 0 saturated heterocycles. The maximum Gasteiger partial charge on any atom is 0.202 e. The van der Waals surface area contributed by atoms with Crippen LogP contribution >= 0.6 is 22.3 Å².